The average Bonchev–Trinajstić information content (AvgIpc) is 3.56. The third-order valence-electron chi connectivity index (χ3n) is 5.58. The van der Waals surface area contributed by atoms with E-state index in [1.807, 2.05) is 94.4 Å². The molecule has 0 spiro atoms. The maximum Gasteiger partial charge on any atom is 0.146 e. The van der Waals surface area contributed by atoms with E-state index >= 15 is 0 Å². The molecule has 2 N–H and O–H groups in total. The summed E-state index contributed by atoms with van der Waals surface area (Å²) in [6.45, 7) is 8.02. The number of benzene rings is 4. The summed E-state index contributed by atoms with van der Waals surface area (Å²) in [6.07, 6.45) is 0.779. The van der Waals surface area contributed by atoms with Crippen molar-refractivity contribution in [2.75, 3.05) is 0 Å². The van der Waals surface area contributed by atoms with Gasteiger partial charge in [0.25, 0.3) is 0 Å². The van der Waals surface area contributed by atoms with Crippen LogP contribution < -0.4 is 0 Å². The molecule has 0 unspecified atom stereocenters. The van der Waals surface area contributed by atoms with Gasteiger partial charge in [-0.2, -0.15) is 0 Å². The molecule has 37 heavy (non-hydrogen) atoms. The molecule has 2 aromatic heterocycles. The highest BCUT2D eigenvalue weighted by molar-refractivity contribution is 5.74. The van der Waals surface area contributed by atoms with Gasteiger partial charge < -0.3 is 10.2 Å². The minimum absolute atomic E-state index is 0.169. The van der Waals surface area contributed by atoms with Crippen molar-refractivity contribution >= 4 is 22.1 Å². The van der Waals surface area contributed by atoms with Crippen molar-refractivity contribution in [3.05, 3.63) is 96.1 Å². The van der Waals surface area contributed by atoms with Crippen molar-refractivity contribution < 1.29 is 10.2 Å². The molecule has 188 valence electrons. The van der Waals surface area contributed by atoms with Gasteiger partial charge in [0.05, 0.1) is 0 Å². The topological polar surface area (TPSA) is 102 Å². The van der Waals surface area contributed by atoms with Gasteiger partial charge in [0.2, 0.25) is 0 Å². The first-order valence-electron chi connectivity index (χ1n) is 12.3. The van der Waals surface area contributed by atoms with Gasteiger partial charge in [-0.15, -0.1) is 30.0 Å². The number of nitrogens with zero attached hydrogens (tertiary/aromatic N) is 6. The number of phenolic OH excluding ortho intramolecular Hbond substituents is 2. The number of phenols is 2. The van der Waals surface area contributed by atoms with Crippen LogP contribution in [-0.4, -0.2) is 40.2 Å². The largest absolute Gasteiger partial charge is 0.506 e. The van der Waals surface area contributed by atoms with Crippen LogP contribution in [0.5, 0.6) is 11.5 Å². The highest BCUT2D eigenvalue weighted by Gasteiger charge is 2.12. The van der Waals surface area contributed by atoms with E-state index in [1.165, 1.54) is 9.59 Å². The van der Waals surface area contributed by atoms with Gasteiger partial charge >= 0.3 is 0 Å². The number of aryl methyl sites for hydroxylation is 2. The van der Waals surface area contributed by atoms with Gasteiger partial charge in [0, 0.05) is 0 Å². The first-order valence-corrected chi connectivity index (χ1v) is 12.3. The number of hydrogen-bond donors (Lipinski definition) is 2. The van der Waals surface area contributed by atoms with E-state index in [4.69, 9.17) is 0 Å². The second-order valence-corrected chi connectivity index (χ2v) is 8.09. The predicted molar refractivity (Wildman–Crippen MR) is 147 cm³/mol. The second kappa shape index (κ2) is 11.3. The number of fused-ring (bicyclic) bond motifs is 2. The van der Waals surface area contributed by atoms with Crippen molar-refractivity contribution in [3.63, 3.8) is 0 Å². The molecule has 0 bridgehead atoms. The number of aromatic nitrogens is 6. The Hall–Kier alpha value is -4.72. The fourth-order valence-corrected chi connectivity index (χ4v) is 3.82. The van der Waals surface area contributed by atoms with Crippen LogP contribution >= 0.6 is 0 Å². The molecule has 0 radical (unpaired) electrons. The Balaban J connectivity index is 0.000000164. The Kier molecular flexibility index (Phi) is 7.78. The summed E-state index contributed by atoms with van der Waals surface area (Å²) < 4.78 is 0. The van der Waals surface area contributed by atoms with Crippen molar-refractivity contribution in [1.29, 1.82) is 0 Å². The highest BCUT2D eigenvalue weighted by atomic mass is 16.3. The van der Waals surface area contributed by atoms with Crippen LogP contribution in [0.2, 0.25) is 0 Å². The minimum Gasteiger partial charge on any atom is -0.506 e. The quantitative estimate of drug-likeness (QED) is 0.306. The van der Waals surface area contributed by atoms with Gasteiger partial charge in [0.15, 0.2) is 0 Å². The lowest BCUT2D eigenvalue weighted by Crippen LogP contribution is -2.01. The lowest BCUT2D eigenvalue weighted by atomic mass is 10.1. The molecular formula is C29H30N6O2. The summed E-state index contributed by atoms with van der Waals surface area (Å²) in [5, 5.41) is 37.4. The molecule has 0 saturated heterocycles. The molecule has 6 aromatic rings. The SMILES string of the molecule is CC.CCc1cc(C)cc(-n2nc3ccccc3n2)c1O.Oc1ccccc1-n1nc2ccccc2n1. The summed E-state index contributed by atoms with van der Waals surface area (Å²) >= 11 is 0. The summed E-state index contributed by atoms with van der Waals surface area (Å²) in [4.78, 5) is 2.95. The molecule has 2 heterocycles. The van der Waals surface area contributed by atoms with E-state index in [-0.39, 0.29) is 11.5 Å². The number of rotatable bonds is 3. The molecule has 0 fully saturated rings. The first kappa shape index (κ1) is 25.4. The molecule has 0 amide bonds. The second-order valence-electron chi connectivity index (χ2n) is 8.09. The van der Waals surface area contributed by atoms with Crippen LogP contribution in [0.15, 0.2) is 84.9 Å². The Bertz CT molecular complexity index is 1570. The number of para-hydroxylation sites is 2. The van der Waals surface area contributed by atoms with E-state index in [0.29, 0.717) is 11.4 Å². The van der Waals surface area contributed by atoms with E-state index in [2.05, 4.69) is 20.4 Å². The fourth-order valence-electron chi connectivity index (χ4n) is 3.82. The smallest absolute Gasteiger partial charge is 0.146 e. The fraction of sp³-hybridized carbons (Fsp3) is 0.172. The Morgan fingerprint density at radius 1 is 0.622 bits per heavy atom. The molecule has 0 saturated carbocycles. The monoisotopic (exact) mass is 494 g/mol. The molecule has 0 atom stereocenters. The Labute approximate surface area is 215 Å². The van der Waals surface area contributed by atoms with Crippen LogP contribution in [0.25, 0.3) is 33.4 Å². The van der Waals surface area contributed by atoms with Gasteiger partial charge in [-0.1, -0.05) is 63.2 Å². The lowest BCUT2D eigenvalue weighted by molar-refractivity contribution is 0.461. The molecule has 8 heteroatoms. The zero-order chi connectivity index (χ0) is 26.4. The Morgan fingerprint density at radius 3 is 1.51 bits per heavy atom. The van der Waals surface area contributed by atoms with Gasteiger partial charge in [-0.25, -0.2) is 0 Å². The van der Waals surface area contributed by atoms with E-state index < -0.39 is 0 Å². The van der Waals surface area contributed by atoms with Gasteiger partial charge in [-0.05, 0) is 66.9 Å². The molecular weight excluding hydrogens is 464 g/mol. The highest BCUT2D eigenvalue weighted by Crippen LogP contribution is 2.28. The molecule has 0 aliphatic heterocycles. The first-order chi connectivity index (χ1) is 18.0. The van der Waals surface area contributed by atoms with Crippen molar-refractivity contribution in [1.82, 2.24) is 30.0 Å². The normalized spacial score (nSPS) is 10.5. The van der Waals surface area contributed by atoms with Gasteiger partial charge in [0.1, 0.15) is 44.9 Å². The van der Waals surface area contributed by atoms with Crippen LogP contribution in [-0.2, 0) is 6.42 Å². The van der Waals surface area contributed by atoms with Crippen LogP contribution in [0.1, 0.15) is 31.9 Å². The van der Waals surface area contributed by atoms with Crippen LogP contribution in [0, 0.1) is 6.92 Å². The molecule has 0 aliphatic rings. The van der Waals surface area contributed by atoms with Crippen LogP contribution in [0.3, 0.4) is 0 Å². The predicted octanol–water partition coefficient (Wildman–Crippen LogP) is 6.15. The minimum atomic E-state index is 0.169. The average molecular weight is 495 g/mol. The zero-order valence-corrected chi connectivity index (χ0v) is 21.4. The van der Waals surface area contributed by atoms with E-state index in [9.17, 15) is 10.2 Å². The Morgan fingerprint density at radius 2 is 1.05 bits per heavy atom. The van der Waals surface area contributed by atoms with E-state index in [0.717, 1.165) is 39.6 Å². The zero-order valence-electron chi connectivity index (χ0n) is 21.4. The third kappa shape index (κ3) is 5.43. The lowest BCUT2D eigenvalue weighted by Gasteiger charge is -2.09. The van der Waals surface area contributed by atoms with Gasteiger partial charge in [-0.3, -0.25) is 0 Å². The third-order valence-corrected chi connectivity index (χ3v) is 5.58. The van der Waals surface area contributed by atoms with Crippen molar-refractivity contribution in [2.45, 2.75) is 34.1 Å². The van der Waals surface area contributed by atoms with Crippen LogP contribution in [0.4, 0.5) is 0 Å². The summed E-state index contributed by atoms with van der Waals surface area (Å²) in [5.74, 6) is 0.427. The standard InChI is InChI=1S/C15H15N3O.C12H9N3O.C2H6/c1-3-11-8-10(2)9-14(15(11)19)18-16-12-6-4-5-7-13(12)17-18;16-12-8-4-3-7-11(12)15-13-9-5-1-2-6-10(9)14-15;1-2/h4-9,19H,3H2,1-2H3;1-8,16H;1-2H3. The molecule has 8 nitrogen and oxygen atoms in total. The van der Waals surface area contributed by atoms with Crippen molar-refractivity contribution in [3.8, 4) is 22.9 Å². The summed E-state index contributed by atoms with van der Waals surface area (Å²) in [5.41, 5.74) is 6.48. The number of aromatic hydroxyl groups is 2. The maximum absolute atomic E-state index is 10.3. The summed E-state index contributed by atoms with van der Waals surface area (Å²) in [7, 11) is 0. The molecule has 6 rings (SSSR count). The molecule has 4 aromatic carbocycles. The summed E-state index contributed by atoms with van der Waals surface area (Å²) in [6, 6.07) is 26.1. The number of hydrogen-bond acceptors (Lipinski definition) is 6. The molecule has 0 aliphatic carbocycles. The van der Waals surface area contributed by atoms with Crippen molar-refractivity contribution in [2.24, 2.45) is 0 Å². The van der Waals surface area contributed by atoms with E-state index in [1.54, 1.807) is 18.2 Å². The maximum atomic E-state index is 10.3.